The molecule has 0 aliphatic rings. The van der Waals surface area contributed by atoms with Crippen molar-refractivity contribution in [1.29, 1.82) is 0 Å². The van der Waals surface area contributed by atoms with Gasteiger partial charge in [-0.25, -0.2) is 4.79 Å². The van der Waals surface area contributed by atoms with Crippen LogP contribution in [0.4, 0.5) is 0 Å². The second kappa shape index (κ2) is 10.1. The molecule has 0 atom stereocenters. The highest BCUT2D eigenvalue weighted by atomic mass is 16.5. The maximum absolute atomic E-state index is 11.8. The number of hydrogen-bond donors (Lipinski definition) is 1. The van der Waals surface area contributed by atoms with E-state index in [9.17, 15) is 9.90 Å². The van der Waals surface area contributed by atoms with Gasteiger partial charge in [0, 0.05) is 0 Å². The molecule has 0 aliphatic carbocycles. The van der Waals surface area contributed by atoms with Crippen molar-refractivity contribution in [2.24, 2.45) is 0 Å². The Morgan fingerprint density at radius 2 is 1.81 bits per heavy atom. The van der Waals surface area contributed by atoms with Crippen molar-refractivity contribution in [3.63, 3.8) is 0 Å². The molecule has 0 bridgehead atoms. The standard InChI is InChI=1S/C17H26O4/c1-3-5-6-7-8-9-12-21-17(19)14-10-11-16(20-4-2)15(18)13-14/h10-11,13,18H,3-9,12H2,1-2H3. The minimum atomic E-state index is -0.401. The Morgan fingerprint density at radius 1 is 1.10 bits per heavy atom. The van der Waals surface area contributed by atoms with E-state index in [4.69, 9.17) is 9.47 Å². The summed E-state index contributed by atoms with van der Waals surface area (Å²) in [7, 11) is 0. The molecule has 0 aliphatic heterocycles. The summed E-state index contributed by atoms with van der Waals surface area (Å²) in [5.74, 6) is -0.0576. The first-order valence-corrected chi connectivity index (χ1v) is 7.82. The second-order valence-corrected chi connectivity index (χ2v) is 5.02. The van der Waals surface area contributed by atoms with Gasteiger partial charge >= 0.3 is 5.97 Å². The van der Waals surface area contributed by atoms with Gasteiger partial charge in [0.2, 0.25) is 0 Å². The average molecular weight is 294 g/mol. The lowest BCUT2D eigenvalue weighted by Crippen LogP contribution is -2.06. The van der Waals surface area contributed by atoms with Crippen molar-refractivity contribution in [1.82, 2.24) is 0 Å². The van der Waals surface area contributed by atoms with Crippen molar-refractivity contribution in [2.75, 3.05) is 13.2 Å². The number of benzene rings is 1. The van der Waals surface area contributed by atoms with E-state index < -0.39 is 5.97 Å². The lowest BCUT2D eigenvalue weighted by atomic mass is 10.1. The molecular weight excluding hydrogens is 268 g/mol. The highest BCUT2D eigenvalue weighted by Crippen LogP contribution is 2.27. The molecule has 4 heteroatoms. The monoisotopic (exact) mass is 294 g/mol. The van der Waals surface area contributed by atoms with Crippen LogP contribution in [-0.2, 0) is 4.74 Å². The molecule has 0 aromatic heterocycles. The van der Waals surface area contributed by atoms with Crippen LogP contribution in [0, 0.1) is 0 Å². The molecule has 0 spiro atoms. The van der Waals surface area contributed by atoms with Gasteiger partial charge in [-0.05, 0) is 31.5 Å². The van der Waals surface area contributed by atoms with Crippen LogP contribution < -0.4 is 4.74 Å². The third-order valence-electron chi connectivity index (χ3n) is 3.23. The van der Waals surface area contributed by atoms with Gasteiger partial charge in [0.05, 0.1) is 18.8 Å². The summed E-state index contributed by atoms with van der Waals surface area (Å²) in [6.45, 7) is 4.92. The van der Waals surface area contributed by atoms with Gasteiger partial charge in [0.1, 0.15) is 0 Å². The van der Waals surface area contributed by atoms with Crippen LogP contribution >= 0.6 is 0 Å². The molecule has 0 amide bonds. The predicted molar refractivity (Wildman–Crippen MR) is 82.9 cm³/mol. The van der Waals surface area contributed by atoms with Gasteiger partial charge in [0.25, 0.3) is 0 Å². The summed E-state index contributed by atoms with van der Waals surface area (Å²) in [5.41, 5.74) is 0.349. The van der Waals surface area contributed by atoms with Gasteiger partial charge in [-0.1, -0.05) is 39.0 Å². The van der Waals surface area contributed by atoms with Crippen LogP contribution in [0.25, 0.3) is 0 Å². The lowest BCUT2D eigenvalue weighted by Gasteiger charge is -2.08. The molecule has 0 saturated carbocycles. The number of phenolic OH excluding ortho intramolecular Hbond substituents is 1. The zero-order valence-electron chi connectivity index (χ0n) is 13.1. The van der Waals surface area contributed by atoms with E-state index in [0.29, 0.717) is 24.5 Å². The fourth-order valence-corrected chi connectivity index (χ4v) is 2.05. The van der Waals surface area contributed by atoms with Crippen LogP contribution in [0.5, 0.6) is 11.5 Å². The minimum Gasteiger partial charge on any atom is -0.504 e. The van der Waals surface area contributed by atoms with E-state index in [-0.39, 0.29) is 5.75 Å². The number of aromatic hydroxyl groups is 1. The second-order valence-electron chi connectivity index (χ2n) is 5.02. The van der Waals surface area contributed by atoms with Crippen LogP contribution in [0.2, 0.25) is 0 Å². The predicted octanol–water partition coefficient (Wildman–Crippen LogP) is 4.31. The Hall–Kier alpha value is -1.71. The minimum absolute atomic E-state index is 0.0362. The number of phenols is 1. The van der Waals surface area contributed by atoms with Gasteiger partial charge in [-0.15, -0.1) is 0 Å². The fourth-order valence-electron chi connectivity index (χ4n) is 2.05. The quantitative estimate of drug-likeness (QED) is 0.516. The van der Waals surface area contributed by atoms with E-state index in [2.05, 4.69) is 6.92 Å². The number of esters is 1. The van der Waals surface area contributed by atoms with Gasteiger partial charge in [-0.3, -0.25) is 0 Å². The molecule has 0 fully saturated rings. The van der Waals surface area contributed by atoms with Crippen molar-refractivity contribution in [2.45, 2.75) is 52.4 Å². The summed E-state index contributed by atoms with van der Waals surface area (Å²) in [4.78, 5) is 11.8. The molecule has 118 valence electrons. The van der Waals surface area contributed by atoms with Crippen LogP contribution in [0.1, 0.15) is 62.7 Å². The summed E-state index contributed by atoms with van der Waals surface area (Å²) >= 11 is 0. The Morgan fingerprint density at radius 3 is 2.48 bits per heavy atom. The lowest BCUT2D eigenvalue weighted by molar-refractivity contribution is 0.0497. The molecular formula is C17H26O4. The summed E-state index contributed by atoms with van der Waals surface area (Å²) < 4.78 is 10.4. The molecule has 0 saturated heterocycles. The van der Waals surface area contributed by atoms with Crippen molar-refractivity contribution in [3.8, 4) is 11.5 Å². The molecule has 21 heavy (non-hydrogen) atoms. The average Bonchev–Trinajstić information content (AvgIpc) is 2.48. The Balaban J connectivity index is 2.30. The zero-order chi connectivity index (χ0) is 15.5. The molecule has 1 aromatic rings. The number of rotatable bonds is 10. The van der Waals surface area contributed by atoms with Crippen molar-refractivity contribution >= 4 is 5.97 Å². The fraction of sp³-hybridized carbons (Fsp3) is 0.588. The maximum Gasteiger partial charge on any atom is 0.338 e. The topological polar surface area (TPSA) is 55.8 Å². The van der Waals surface area contributed by atoms with Gasteiger partial charge in [0.15, 0.2) is 11.5 Å². The molecule has 0 radical (unpaired) electrons. The normalized spacial score (nSPS) is 10.4. The van der Waals surface area contributed by atoms with Crippen molar-refractivity contribution in [3.05, 3.63) is 23.8 Å². The Bertz CT molecular complexity index is 429. The van der Waals surface area contributed by atoms with Crippen LogP contribution in [-0.4, -0.2) is 24.3 Å². The molecule has 0 heterocycles. The largest absolute Gasteiger partial charge is 0.504 e. The SMILES string of the molecule is CCCCCCCCOC(=O)c1ccc(OCC)c(O)c1. The number of hydrogen-bond acceptors (Lipinski definition) is 4. The highest BCUT2D eigenvalue weighted by molar-refractivity contribution is 5.90. The van der Waals surface area contributed by atoms with E-state index in [1.165, 1.54) is 31.7 Å². The Kier molecular flexibility index (Phi) is 8.32. The molecule has 0 unspecified atom stereocenters. The highest BCUT2D eigenvalue weighted by Gasteiger charge is 2.10. The van der Waals surface area contributed by atoms with Crippen LogP contribution in [0.3, 0.4) is 0 Å². The third-order valence-corrected chi connectivity index (χ3v) is 3.23. The smallest absolute Gasteiger partial charge is 0.338 e. The first kappa shape index (κ1) is 17.3. The molecule has 1 aromatic carbocycles. The maximum atomic E-state index is 11.8. The summed E-state index contributed by atoms with van der Waals surface area (Å²) in [5, 5.41) is 9.73. The van der Waals surface area contributed by atoms with Crippen LogP contribution in [0.15, 0.2) is 18.2 Å². The number of carbonyl (C=O) groups excluding carboxylic acids is 1. The number of carbonyl (C=O) groups is 1. The van der Waals surface area contributed by atoms with Gasteiger partial charge < -0.3 is 14.6 Å². The molecule has 1 rings (SSSR count). The molecule has 4 nitrogen and oxygen atoms in total. The van der Waals surface area contributed by atoms with Gasteiger partial charge in [-0.2, -0.15) is 0 Å². The van der Waals surface area contributed by atoms with E-state index >= 15 is 0 Å². The van der Waals surface area contributed by atoms with E-state index in [1.807, 2.05) is 6.92 Å². The Labute approximate surface area is 127 Å². The first-order chi connectivity index (χ1) is 10.2. The number of ether oxygens (including phenoxy) is 2. The summed E-state index contributed by atoms with van der Waals surface area (Å²) in [6.07, 6.45) is 6.91. The first-order valence-electron chi connectivity index (χ1n) is 7.82. The van der Waals surface area contributed by atoms with E-state index in [0.717, 1.165) is 12.8 Å². The zero-order valence-corrected chi connectivity index (χ0v) is 13.1. The molecule has 1 N–H and O–H groups in total. The number of unbranched alkanes of at least 4 members (excludes halogenated alkanes) is 5. The summed E-state index contributed by atoms with van der Waals surface area (Å²) in [6, 6.07) is 4.57. The van der Waals surface area contributed by atoms with Crippen molar-refractivity contribution < 1.29 is 19.4 Å². The van der Waals surface area contributed by atoms with E-state index in [1.54, 1.807) is 12.1 Å². The third kappa shape index (κ3) is 6.52.